The Bertz CT molecular complexity index is 1100. The monoisotopic (exact) mass is 460 g/mol. The maximum atomic E-state index is 13.1. The number of carbonyl (C=O) groups is 1. The van der Waals surface area contributed by atoms with Crippen LogP contribution in [0.15, 0.2) is 72.8 Å². The number of hydrogen-bond acceptors (Lipinski definition) is 5. The van der Waals surface area contributed by atoms with Crippen LogP contribution in [0.1, 0.15) is 16.7 Å². The molecule has 0 fully saturated rings. The SMILES string of the molecule is CN(C)c1cccc(OCC(=O)N2CCOCCOc3ccccc3Cc3cccc(c3)C2)c1. The summed E-state index contributed by atoms with van der Waals surface area (Å²) < 4.78 is 17.6. The predicted molar refractivity (Wildman–Crippen MR) is 134 cm³/mol. The number of benzene rings is 3. The number of nitrogens with zero attached hydrogens (tertiary/aromatic N) is 2. The Morgan fingerprint density at radius 3 is 2.65 bits per heavy atom. The van der Waals surface area contributed by atoms with E-state index in [2.05, 4.69) is 24.3 Å². The van der Waals surface area contributed by atoms with Crippen LogP contribution in [-0.4, -0.2) is 57.9 Å². The predicted octanol–water partition coefficient (Wildman–Crippen LogP) is 4.16. The molecular formula is C28H32N2O4. The maximum absolute atomic E-state index is 13.1. The molecule has 0 saturated heterocycles. The molecule has 0 atom stereocenters. The molecule has 6 nitrogen and oxygen atoms in total. The summed E-state index contributed by atoms with van der Waals surface area (Å²) in [4.78, 5) is 16.9. The van der Waals surface area contributed by atoms with Crippen LogP contribution in [0.25, 0.3) is 0 Å². The average molecular weight is 461 g/mol. The molecule has 1 aliphatic rings. The van der Waals surface area contributed by atoms with Gasteiger partial charge >= 0.3 is 0 Å². The Balaban J connectivity index is 1.48. The second kappa shape index (κ2) is 11.6. The van der Waals surface area contributed by atoms with Gasteiger partial charge in [0.1, 0.15) is 18.1 Å². The highest BCUT2D eigenvalue weighted by atomic mass is 16.5. The van der Waals surface area contributed by atoms with Crippen molar-refractivity contribution < 1.29 is 19.0 Å². The molecule has 34 heavy (non-hydrogen) atoms. The average Bonchev–Trinajstić information content (AvgIpc) is 2.85. The molecule has 178 valence electrons. The highest BCUT2D eigenvalue weighted by molar-refractivity contribution is 5.77. The van der Waals surface area contributed by atoms with Crippen LogP contribution in [0.5, 0.6) is 11.5 Å². The Kier molecular flexibility index (Phi) is 8.04. The summed E-state index contributed by atoms with van der Waals surface area (Å²) >= 11 is 0. The van der Waals surface area contributed by atoms with Gasteiger partial charge in [0.2, 0.25) is 0 Å². The van der Waals surface area contributed by atoms with Crippen LogP contribution in [0, 0.1) is 0 Å². The molecular weight excluding hydrogens is 428 g/mol. The van der Waals surface area contributed by atoms with E-state index in [4.69, 9.17) is 14.2 Å². The molecule has 0 unspecified atom stereocenters. The second-order valence-electron chi connectivity index (χ2n) is 8.56. The highest BCUT2D eigenvalue weighted by Gasteiger charge is 2.16. The van der Waals surface area contributed by atoms with Gasteiger partial charge in [-0.15, -0.1) is 0 Å². The van der Waals surface area contributed by atoms with E-state index in [1.165, 1.54) is 5.56 Å². The van der Waals surface area contributed by atoms with Crippen LogP contribution in [0.2, 0.25) is 0 Å². The Morgan fingerprint density at radius 2 is 1.76 bits per heavy atom. The van der Waals surface area contributed by atoms with Crippen LogP contribution in [-0.2, 0) is 22.5 Å². The van der Waals surface area contributed by atoms with Gasteiger partial charge in [-0.3, -0.25) is 4.79 Å². The molecule has 3 aromatic rings. The topological polar surface area (TPSA) is 51.2 Å². The first-order valence-corrected chi connectivity index (χ1v) is 11.6. The van der Waals surface area contributed by atoms with Crippen molar-refractivity contribution in [3.05, 3.63) is 89.5 Å². The van der Waals surface area contributed by atoms with Crippen molar-refractivity contribution in [2.75, 3.05) is 52.0 Å². The minimum atomic E-state index is -0.0713. The Hall–Kier alpha value is -3.51. The zero-order valence-corrected chi connectivity index (χ0v) is 19.9. The molecule has 4 rings (SSSR count). The molecule has 1 amide bonds. The minimum Gasteiger partial charge on any atom is -0.491 e. The van der Waals surface area contributed by atoms with E-state index in [1.54, 1.807) is 4.90 Å². The number of rotatable bonds is 4. The molecule has 1 heterocycles. The standard InChI is InChI=1S/C28H32N2O4/c1-29(2)25-10-6-11-26(19-25)34-21-28(31)30-13-14-32-15-16-33-27-12-4-3-9-24(27)18-22-7-5-8-23(17-22)20-30/h3-12,17,19H,13-16,18,20-21H2,1-2H3. The van der Waals surface area contributed by atoms with E-state index in [0.717, 1.165) is 29.0 Å². The zero-order valence-electron chi connectivity index (χ0n) is 19.9. The lowest BCUT2D eigenvalue weighted by molar-refractivity contribution is -0.134. The van der Waals surface area contributed by atoms with Crippen LogP contribution in [0.4, 0.5) is 5.69 Å². The summed E-state index contributed by atoms with van der Waals surface area (Å²) in [6, 6.07) is 24.2. The van der Waals surface area contributed by atoms with Crippen LogP contribution in [0.3, 0.4) is 0 Å². The van der Waals surface area contributed by atoms with Crippen molar-refractivity contribution in [2.45, 2.75) is 13.0 Å². The van der Waals surface area contributed by atoms with Gasteiger partial charge in [0.15, 0.2) is 6.61 Å². The van der Waals surface area contributed by atoms with E-state index in [1.807, 2.05) is 67.5 Å². The lowest BCUT2D eigenvalue weighted by Gasteiger charge is -2.24. The van der Waals surface area contributed by atoms with E-state index >= 15 is 0 Å². The Labute approximate surface area is 201 Å². The fraction of sp³-hybridized carbons (Fsp3) is 0.321. The summed E-state index contributed by atoms with van der Waals surface area (Å²) in [6.45, 7) is 2.35. The third-order valence-corrected chi connectivity index (χ3v) is 5.77. The van der Waals surface area contributed by atoms with E-state index in [-0.39, 0.29) is 12.5 Å². The molecule has 0 N–H and O–H groups in total. The zero-order chi connectivity index (χ0) is 23.8. The van der Waals surface area contributed by atoms with Gasteiger partial charge in [0, 0.05) is 45.4 Å². The molecule has 0 aliphatic carbocycles. The third kappa shape index (κ3) is 6.51. The second-order valence-corrected chi connectivity index (χ2v) is 8.56. The van der Waals surface area contributed by atoms with Gasteiger partial charge in [0.25, 0.3) is 5.91 Å². The summed E-state index contributed by atoms with van der Waals surface area (Å²) in [5.41, 5.74) is 4.43. The van der Waals surface area contributed by atoms with Crippen molar-refractivity contribution >= 4 is 11.6 Å². The van der Waals surface area contributed by atoms with Crippen LogP contribution < -0.4 is 14.4 Å². The van der Waals surface area contributed by atoms with Gasteiger partial charge in [-0.2, -0.15) is 0 Å². The molecule has 0 saturated carbocycles. The first kappa shape index (κ1) is 23.6. The number of anilines is 1. The first-order chi connectivity index (χ1) is 16.6. The fourth-order valence-electron chi connectivity index (χ4n) is 3.94. The summed E-state index contributed by atoms with van der Waals surface area (Å²) in [6.07, 6.45) is 0.768. The number of fused-ring (bicyclic) bond motifs is 3. The van der Waals surface area contributed by atoms with Gasteiger partial charge in [0.05, 0.1) is 13.2 Å². The molecule has 0 spiro atoms. The smallest absolute Gasteiger partial charge is 0.260 e. The fourth-order valence-corrected chi connectivity index (χ4v) is 3.94. The van der Waals surface area contributed by atoms with Crippen LogP contribution >= 0.6 is 0 Å². The maximum Gasteiger partial charge on any atom is 0.260 e. The molecule has 6 heteroatoms. The van der Waals surface area contributed by atoms with Crippen molar-refractivity contribution in [1.82, 2.24) is 4.90 Å². The number of carbonyl (C=O) groups excluding carboxylic acids is 1. The normalized spacial score (nSPS) is 14.4. The lowest BCUT2D eigenvalue weighted by Crippen LogP contribution is -2.37. The van der Waals surface area contributed by atoms with Crippen molar-refractivity contribution in [1.29, 1.82) is 0 Å². The largest absolute Gasteiger partial charge is 0.491 e. The van der Waals surface area contributed by atoms with Gasteiger partial charge in [-0.05, 0) is 34.9 Å². The van der Waals surface area contributed by atoms with Gasteiger partial charge < -0.3 is 24.0 Å². The quantitative estimate of drug-likeness (QED) is 0.585. The molecule has 0 radical (unpaired) electrons. The molecule has 2 bridgehead atoms. The molecule has 3 aromatic carbocycles. The Morgan fingerprint density at radius 1 is 0.941 bits per heavy atom. The van der Waals surface area contributed by atoms with Gasteiger partial charge in [-0.1, -0.05) is 48.5 Å². The third-order valence-electron chi connectivity index (χ3n) is 5.77. The van der Waals surface area contributed by atoms with E-state index in [0.29, 0.717) is 38.7 Å². The van der Waals surface area contributed by atoms with E-state index < -0.39 is 0 Å². The van der Waals surface area contributed by atoms with E-state index in [9.17, 15) is 4.79 Å². The number of hydrogen-bond donors (Lipinski definition) is 0. The molecule has 1 aliphatic heterocycles. The highest BCUT2D eigenvalue weighted by Crippen LogP contribution is 2.23. The first-order valence-electron chi connectivity index (χ1n) is 11.6. The summed E-state index contributed by atoms with van der Waals surface area (Å²) in [5.74, 6) is 1.49. The number of ether oxygens (including phenoxy) is 3. The summed E-state index contributed by atoms with van der Waals surface area (Å²) in [7, 11) is 3.95. The minimum absolute atomic E-state index is 0.0208. The summed E-state index contributed by atoms with van der Waals surface area (Å²) in [5, 5.41) is 0. The van der Waals surface area contributed by atoms with Crippen molar-refractivity contribution in [3.8, 4) is 11.5 Å². The van der Waals surface area contributed by atoms with Crippen molar-refractivity contribution in [2.24, 2.45) is 0 Å². The van der Waals surface area contributed by atoms with Gasteiger partial charge in [-0.25, -0.2) is 0 Å². The lowest BCUT2D eigenvalue weighted by atomic mass is 10.0. The van der Waals surface area contributed by atoms with Crippen molar-refractivity contribution in [3.63, 3.8) is 0 Å². The number of para-hydroxylation sites is 1. The number of amides is 1. The molecule has 0 aromatic heterocycles.